The summed E-state index contributed by atoms with van der Waals surface area (Å²) in [7, 11) is 0. The molecule has 27 heavy (non-hydrogen) atoms. The lowest BCUT2D eigenvalue weighted by atomic mass is 10.00. The maximum Gasteiger partial charge on any atom is 0.339 e. The van der Waals surface area contributed by atoms with E-state index in [1.165, 1.54) is 17.4 Å². The number of carbonyl (C=O) groups excluding carboxylic acids is 1. The molecule has 5 nitrogen and oxygen atoms in total. The lowest BCUT2D eigenvalue weighted by Gasteiger charge is -2.11. The zero-order valence-corrected chi connectivity index (χ0v) is 16.1. The zero-order valence-electron chi connectivity index (χ0n) is 15.3. The quantitative estimate of drug-likeness (QED) is 0.502. The molecule has 0 bridgehead atoms. The second-order valence-corrected chi connectivity index (χ2v) is 7.63. The second kappa shape index (κ2) is 6.63. The highest BCUT2D eigenvalue weighted by Gasteiger charge is 2.16. The summed E-state index contributed by atoms with van der Waals surface area (Å²) in [6, 6.07) is 13.0. The Labute approximate surface area is 159 Å². The van der Waals surface area contributed by atoms with Crippen molar-refractivity contribution in [1.82, 2.24) is 9.38 Å². The molecule has 4 rings (SSSR count). The van der Waals surface area contributed by atoms with E-state index in [1.54, 1.807) is 4.40 Å². The van der Waals surface area contributed by atoms with E-state index in [2.05, 4.69) is 4.98 Å². The minimum Gasteiger partial charge on any atom is -0.456 e. The van der Waals surface area contributed by atoms with Crippen molar-refractivity contribution >= 4 is 32.5 Å². The van der Waals surface area contributed by atoms with Crippen LogP contribution in [0.25, 0.3) is 15.2 Å². The molecule has 0 atom stereocenters. The monoisotopic (exact) mass is 378 g/mol. The fourth-order valence-corrected chi connectivity index (χ4v) is 4.46. The highest BCUT2D eigenvalue weighted by Crippen LogP contribution is 2.23. The van der Waals surface area contributed by atoms with Crippen LogP contribution >= 0.6 is 11.3 Å². The third kappa shape index (κ3) is 3.13. The Bertz CT molecular complexity index is 1230. The second-order valence-electron chi connectivity index (χ2n) is 6.62. The minimum absolute atomic E-state index is 0.0361. The van der Waals surface area contributed by atoms with Crippen LogP contribution in [0.5, 0.6) is 0 Å². The van der Waals surface area contributed by atoms with E-state index in [1.807, 2.05) is 57.2 Å². The Morgan fingerprint density at radius 2 is 1.81 bits per heavy atom. The molecule has 6 heteroatoms. The number of esters is 1. The topological polar surface area (TPSA) is 60.7 Å². The fraction of sp³-hybridized carbons (Fsp3) is 0.190. The molecule has 0 radical (unpaired) electrons. The Kier molecular flexibility index (Phi) is 4.28. The van der Waals surface area contributed by atoms with E-state index in [4.69, 9.17) is 4.74 Å². The highest BCUT2D eigenvalue weighted by molar-refractivity contribution is 7.23. The first kappa shape index (κ1) is 17.4. The smallest absolute Gasteiger partial charge is 0.339 e. The SMILES string of the molecule is Cc1cc(C)c(C(=O)OCc2cc(=O)n3c(n2)sc2ccccc23)c(C)c1. The van der Waals surface area contributed by atoms with E-state index >= 15 is 0 Å². The van der Waals surface area contributed by atoms with Crippen LogP contribution in [0.4, 0.5) is 0 Å². The summed E-state index contributed by atoms with van der Waals surface area (Å²) in [5.74, 6) is -0.400. The van der Waals surface area contributed by atoms with Gasteiger partial charge < -0.3 is 4.74 Å². The number of thiazole rings is 1. The number of ether oxygens (including phenoxy) is 1. The van der Waals surface area contributed by atoms with Crippen molar-refractivity contribution in [2.75, 3.05) is 0 Å². The zero-order chi connectivity index (χ0) is 19.1. The molecule has 136 valence electrons. The Morgan fingerprint density at radius 3 is 2.56 bits per heavy atom. The molecule has 2 heterocycles. The van der Waals surface area contributed by atoms with Gasteiger partial charge in [-0.05, 0) is 44.0 Å². The number of fused-ring (bicyclic) bond motifs is 3. The van der Waals surface area contributed by atoms with Gasteiger partial charge in [0.05, 0.1) is 21.5 Å². The average Bonchev–Trinajstić information content (AvgIpc) is 2.97. The van der Waals surface area contributed by atoms with Crippen LogP contribution in [0.2, 0.25) is 0 Å². The summed E-state index contributed by atoms with van der Waals surface area (Å²) in [5, 5.41) is 0. The van der Waals surface area contributed by atoms with Crippen LogP contribution in [-0.4, -0.2) is 15.4 Å². The first-order valence-corrected chi connectivity index (χ1v) is 9.41. The van der Waals surface area contributed by atoms with Gasteiger partial charge in [-0.1, -0.05) is 41.2 Å². The van der Waals surface area contributed by atoms with Crippen LogP contribution in [0.3, 0.4) is 0 Å². The molecule has 0 unspecified atom stereocenters. The lowest BCUT2D eigenvalue weighted by molar-refractivity contribution is 0.0466. The first-order valence-electron chi connectivity index (χ1n) is 8.59. The largest absolute Gasteiger partial charge is 0.456 e. The fourth-order valence-electron chi connectivity index (χ4n) is 3.41. The molecule has 0 spiro atoms. The maximum absolute atomic E-state index is 12.5. The van der Waals surface area contributed by atoms with Crippen molar-refractivity contribution in [2.45, 2.75) is 27.4 Å². The molecular weight excluding hydrogens is 360 g/mol. The van der Waals surface area contributed by atoms with Crippen LogP contribution in [0.15, 0.2) is 47.3 Å². The van der Waals surface area contributed by atoms with Crippen LogP contribution in [0.1, 0.15) is 32.7 Å². The molecule has 0 aliphatic carbocycles. The van der Waals surface area contributed by atoms with E-state index in [0.29, 0.717) is 16.2 Å². The Morgan fingerprint density at radius 1 is 1.11 bits per heavy atom. The number of aromatic nitrogens is 2. The number of aryl methyl sites for hydroxylation is 3. The summed E-state index contributed by atoms with van der Waals surface area (Å²) in [5.41, 5.74) is 4.54. The molecule has 0 fully saturated rings. The van der Waals surface area contributed by atoms with Gasteiger partial charge in [0, 0.05) is 6.07 Å². The third-order valence-corrected chi connectivity index (χ3v) is 5.50. The minimum atomic E-state index is -0.400. The van der Waals surface area contributed by atoms with Gasteiger partial charge in [-0.2, -0.15) is 0 Å². The molecule has 2 aromatic carbocycles. The summed E-state index contributed by atoms with van der Waals surface area (Å²) in [4.78, 5) is 30.2. The van der Waals surface area contributed by atoms with Gasteiger partial charge in [0.2, 0.25) is 0 Å². The van der Waals surface area contributed by atoms with Gasteiger partial charge in [-0.15, -0.1) is 0 Å². The van der Waals surface area contributed by atoms with Crippen LogP contribution in [-0.2, 0) is 11.3 Å². The number of rotatable bonds is 3. The number of hydrogen-bond donors (Lipinski definition) is 0. The summed E-state index contributed by atoms with van der Waals surface area (Å²) in [6.07, 6.45) is 0. The van der Waals surface area contributed by atoms with Crippen molar-refractivity contribution in [3.8, 4) is 0 Å². The average molecular weight is 378 g/mol. The molecular formula is C21H18N2O3S. The molecule has 0 aliphatic heterocycles. The van der Waals surface area contributed by atoms with Crippen molar-refractivity contribution < 1.29 is 9.53 Å². The van der Waals surface area contributed by atoms with Gasteiger partial charge in [-0.3, -0.25) is 9.20 Å². The normalized spacial score (nSPS) is 11.2. The van der Waals surface area contributed by atoms with Gasteiger partial charge in [-0.25, -0.2) is 9.78 Å². The first-order chi connectivity index (χ1) is 12.9. The summed E-state index contributed by atoms with van der Waals surface area (Å²) in [6.45, 7) is 5.74. The standard InChI is InChI=1S/C21H18N2O3S/c1-12-8-13(2)19(14(3)9-12)20(25)26-11-15-10-18(24)23-16-6-4-5-7-17(16)27-21(23)22-15/h4-10H,11H2,1-3H3. The molecule has 4 aromatic rings. The van der Waals surface area contributed by atoms with Crippen molar-refractivity contribution in [2.24, 2.45) is 0 Å². The van der Waals surface area contributed by atoms with E-state index in [9.17, 15) is 9.59 Å². The number of nitrogens with zero attached hydrogens (tertiary/aromatic N) is 2. The van der Waals surface area contributed by atoms with Crippen LogP contribution in [0, 0.1) is 20.8 Å². The third-order valence-electron chi connectivity index (χ3n) is 4.48. The van der Waals surface area contributed by atoms with E-state index in [0.717, 1.165) is 26.9 Å². The maximum atomic E-state index is 12.5. The van der Waals surface area contributed by atoms with Crippen molar-refractivity contribution in [1.29, 1.82) is 0 Å². The molecule has 2 aromatic heterocycles. The predicted octanol–water partition coefficient (Wildman–Crippen LogP) is 4.19. The van der Waals surface area contributed by atoms with E-state index < -0.39 is 5.97 Å². The predicted molar refractivity (Wildman–Crippen MR) is 107 cm³/mol. The number of hydrogen-bond acceptors (Lipinski definition) is 5. The summed E-state index contributed by atoms with van der Waals surface area (Å²) < 4.78 is 8.02. The molecule has 0 saturated carbocycles. The van der Waals surface area contributed by atoms with Crippen LogP contribution < -0.4 is 5.56 Å². The molecule has 0 aliphatic rings. The highest BCUT2D eigenvalue weighted by atomic mass is 32.1. The van der Waals surface area contributed by atoms with Gasteiger partial charge in [0.25, 0.3) is 5.56 Å². The molecule has 0 saturated heterocycles. The molecule has 0 amide bonds. The van der Waals surface area contributed by atoms with E-state index in [-0.39, 0.29) is 12.2 Å². The number of para-hydroxylation sites is 1. The van der Waals surface area contributed by atoms with Gasteiger partial charge in [0.1, 0.15) is 6.61 Å². The Balaban J connectivity index is 1.64. The summed E-state index contributed by atoms with van der Waals surface area (Å²) >= 11 is 1.44. The van der Waals surface area contributed by atoms with Crippen molar-refractivity contribution in [3.05, 3.63) is 80.8 Å². The Hall–Kier alpha value is -2.99. The lowest BCUT2D eigenvalue weighted by Crippen LogP contribution is -2.16. The number of carbonyl (C=O) groups is 1. The van der Waals surface area contributed by atoms with Gasteiger partial charge >= 0.3 is 5.97 Å². The van der Waals surface area contributed by atoms with Gasteiger partial charge in [0.15, 0.2) is 4.96 Å². The van der Waals surface area contributed by atoms with Crippen molar-refractivity contribution in [3.63, 3.8) is 0 Å². The number of benzene rings is 2. The molecule has 0 N–H and O–H groups in total.